The Morgan fingerprint density at radius 3 is 2.95 bits per heavy atom. The summed E-state index contributed by atoms with van der Waals surface area (Å²) in [5.41, 5.74) is 3.99. The van der Waals surface area contributed by atoms with Crippen LogP contribution in [0.5, 0.6) is 0 Å². The zero-order valence-corrected chi connectivity index (χ0v) is 10.7. The average Bonchev–Trinajstić information content (AvgIpc) is 2.97. The fourth-order valence-corrected chi connectivity index (χ4v) is 3.43. The standard InChI is InChI=1S/C17H16N2/c1-2-9-16-14(6-1)13-7-3-8-15(13)17(19-16)12-5-4-10-18-11-12/h1-7,9-11,13,15,17,19H,8H2/t13?,15?,17-/m1/s1. The lowest BCUT2D eigenvalue weighted by Gasteiger charge is -2.37. The monoisotopic (exact) mass is 248 g/mol. The summed E-state index contributed by atoms with van der Waals surface area (Å²) in [6.45, 7) is 0. The van der Waals surface area contributed by atoms with E-state index in [-0.39, 0.29) is 0 Å². The maximum atomic E-state index is 4.27. The van der Waals surface area contributed by atoms with Crippen LogP contribution in [0.1, 0.15) is 29.5 Å². The number of nitrogens with one attached hydrogen (secondary N) is 1. The number of pyridine rings is 1. The number of aromatic nitrogens is 1. The first-order valence-corrected chi connectivity index (χ1v) is 6.85. The van der Waals surface area contributed by atoms with Gasteiger partial charge in [-0.05, 0) is 35.6 Å². The van der Waals surface area contributed by atoms with Crippen LogP contribution in [0.3, 0.4) is 0 Å². The van der Waals surface area contributed by atoms with Gasteiger partial charge in [0.15, 0.2) is 0 Å². The molecule has 0 fully saturated rings. The van der Waals surface area contributed by atoms with Gasteiger partial charge in [0.1, 0.15) is 0 Å². The molecule has 0 radical (unpaired) electrons. The molecule has 2 aliphatic rings. The lowest BCUT2D eigenvalue weighted by atomic mass is 9.77. The van der Waals surface area contributed by atoms with Crippen LogP contribution in [0, 0.1) is 5.92 Å². The van der Waals surface area contributed by atoms with Crippen LogP contribution in [-0.4, -0.2) is 4.98 Å². The minimum atomic E-state index is 0.364. The Balaban J connectivity index is 1.80. The largest absolute Gasteiger partial charge is 0.378 e. The van der Waals surface area contributed by atoms with E-state index in [4.69, 9.17) is 0 Å². The number of benzene rings is 1. The van der Waals surface area contributed by atoms with E-state index < -0.39 is 0 Å². The summed E-state index contributed by atoms with van der Waals surface area (Å²) in [5.74, 6) is 1.15. The second kappa shape index (κ2) is 4.23. The number of rotatable bonds is 1. The van der Waals surface area contributed by atoms with Crippen molar-refractivity contribution >= 4 is 5.69 Å². The molecule has 0 amide bonds. The summed E-state index contributed by atoms with van der Waals surface area (Å²) >= 11 is 0. The molecule has 2 aromatic rings. The first-order valence-electron chi connectivity index (χ1n) is 6.85. The molecule has 2 unspecified atom stereocenters. The second-order valence-electron chi connectivity index (χ2n) is 5.35. The molecular weight excluding hydrogens is 232 g/mol. The van der Waals surface area contributed by atoms with Crippen LogP contribution in [0.2, 0.25) is 0 Å². The van der Waals surface area contributed by atoms with Gasteiger partial charge in [-0.25, -0.2) is 0 Å². The molecule has 2 nitrogen and oxygen atoms in total. The Morgan fingerprint density at radius 1 is 1.11 bits per heavy atom. The summed E-state index contributed by atoms with van der Waals surface area (Å²) in [5, 5.41) is 3.70. The molecule has 3 atom stereocenters. The molecule has 2 heterocycles. The van der Waals surface area contributed by atoms with Crippen molar-refractivity contribution in [3.05, 3.63) is 72.1 Å². The third-order valence-electron chi connectivity index (χ3n) is 4.32. The van der Waals surface area contributed by atoms with Gasteiger partial charge in [0.2, 0.25) is 0 Å². The SMILES string of the molecule is C1=CC2c3ccccc3N[C@H](c3cccnc3)C2C1. The fraction of sp³-hybridized carbons (Fsp3) is 0.235. The molecule has 1 aliphatic heterocycles. The smallest absolute Gasteiger partial charge is 0.0569 e. The van der Waals surface area contributed by atoms with Crippen LogP contribution >= 0.6 is 0 Å². The zero-order valence-electron chi connectivity index (χ0n) is 10.7. The molecule has 19 heavy (non-hydrogen) atoms. The quantitative estimate of drug-likeness (QED) is 0.774. The van der Waals surface area contributed by atoms with Crippen LogP contribution < -0.4 is 5.32 Å². The van der Waals surface area contributed by atoms with Crippen LogP contribution in [0.4, 0.5) is 5.69 Å². The van der Waals surface area contributed by atoms with Gasteiger partial charge in [0, 0.05) is 24.0 Å². The Morgan fingerprint density at radius 2 is 2.05 bits per heavy atom. The molecule has 1 aliphatic carbocycles. The van der Waals surface area contributed by atoms with Crippen molar-refractivity contribution in [3.8, 4) is 0 Å². The minimum absolute atomic E-state index is 0.364. The van der Waals surface area contributed by atoms with Crippen molar-refractivity contribution in [2.45, 2.75) is 18.4 Å². The van der Waals surface area contributed by atoms with Crippen molar-refractivity contribution in [3.63, 3.8) is 0 Å². The van der Waals surface area contributed by atoms with Gasteiger partial charge >= 0.3 is 0 Å². The highest BCUT2D eigenvalue weighted by Crippen LogP contribution is 2.49. The highest BCUT2D eigenvalue weighted by atomic mass is 15.0. The van der Waals surface area contributed by atoms with E-state index in [0.29, 0.717) is 17.9 Å². The van der Waals surface area contributed by atoms with Crippen molar-refractivity contribution in [2.75, 3.05) is 5.32 Å². The molecule has 94 valence electrons. The molecule has 1 N–H and O–H groups in total. The van der Waals surface area contributed by atoms with Crippen molar-refractivity contribution < 1.29 is 0 Å². The van der Waals surface area contributed by atoms with Gasteiger partial charge in [-0.1, -0.05) is 36.4 Å². The molecule has 1 aromatic heterocycles. The minimum Gasteiger partial charge on any atom is -0.378 e. The lowest BCUT2D eigenvalue weighted by molar-refractivity contribution is 0.425. The van der Waals surface area contributed by atoms with E-state index in [9.17, 15) is 0 Å². The van der Waals surface area contributed by atoms with Gasteiger partial charge in [-0.3, -0.25) is 4.98 Å². The molecule has 2 heteroatoms. The maximum Gasteiger partial charge on any atom is 0.0569 e. The number of nitrogens with zero attached hydrogens (tertiary/aromatic N) is 1. The number of hydrogen-bond donors (Lipinski definition) is 1. The van der Waals surface area contributed by atoms with Crippen molar-refractivity contribution in [1.82, 2.24) is 4.98 Å². The summed E-state index contributed by atoms with van der Waals surface area (Å²) in [4.78, 5) is 4.27. The number of para-hydroxylation sites is 1. The second-order valence-corrected chi connectivity index (χ2v) is 5.35. The van der Waals surface area contributed by atoms with Crippen LogP contribution in [-0.2, 0) is 0 Å². The predicted molar refractivity (Wildman–Crippen MR) is 77.0 cm³/mol. The molecule has 1 aromatic carbocycles. The van der Waals surface area contributed by atoms with E-state index in [0.717, 1.165) is 6.42 Å². The van der Waals surface area contributed by atoms with Gasteiger partial charge < -0.3 is 5.32 Å². The molecule has 0 bridgehead atoms. The highest BCUT2D eigenvalue weighted by molar-refractivity contribution is 5.59. The van der Waals surface area contributed by atoms with Gasteiger partial charge in [0.25, 0.3) is 0 Å². The molecular formula is C17H16N2. The molecule has 0 saturated carbocycles. The van der Waals surface area contributed by atoms with Gasteiger partial charge in [-0.2, -0.15) is 0 Å². The summed E-state index contributed by atoms with van der Waals surface area (Å²) in [6.07, 6.45) is 9.66. The van der Waals surface area contributed by atoms with Crippen LogP contribution in [0.25, 0.3) is 0 Å². The number of allylic oxidation sites excluding steroid dienone is 2. The first-order chi connectivity index (χ1) is 9.43. The van der Waals surface area contributed by atoms with Crippen molar-refractivity contribution in [1.29, 1.82) is 0 Å². The molecule has 4 rings (SSSR count). The normalized spacial score (nSPS) is 27.5. The van der Waals surface area contributed by atoms with E-state index >= 15 is 0 Å². The number of anilines is 1. The highest BCUT2D eigenvalue weighted by Gasteiger charge is 2.37. The topological polar surface area (TPSA) is 24.9 Å². The zero-order chi connectivity index (χ0) is 12.7. The summed E-state index contributed by atoms with van der Waals surface area (Å²) in [7, 11) is 0. The lowest BCUT2D eigenvalue weighted by Crippen LogP contribution is -2.29. The fourth-order valence-electron chi connectivity index (χ4n) is 3.43. The van der Waals surface area contributed by atoms with E-state index in [2.05, 4.69) is 52.8 Å². The van der Waals surface area contributed by atoms with Crippen molar-refractivity contribution in [2.24, 2.45) is 5.92 Å². The Hall–Kier alpha value is -2.09. The molecule has 0 saturated heterocycles. The third-order valence-corrected chi connectivity index (χ3v) is 4.32. The van der Waals surface area contributed by atoms with Crippen LogP contribution in [0.15, 0.2) is 60.9 Å². The summed E-state index contributed by atoms with van der Waals surface area (Å²) < 4.78 is 0. The Labute approximate surface area is 113 Å². The van der Waals surface area contributed by atoms with E-state index in [1.165, 1.54) is 16.8 Å². The van der Waals surface area contributed by atoms with Gasteiger partial charge in [0.05, 0.1) is 6.04 Å². The molecule has 0 spiro atoms. The first kappa shape index (κ1) is 10.8. The van der Waals surface area contributed by atoms with E-state index in [1.54, 1.807) is 0 Å². The number of hydrogen-bond acceptors (Lipinski definition) is 2. The number of fused-ring (bicyclic) bond motifs is 3. The maximum absolute atomic E-state index is 4.27. The average molecular weight is 248 g/mol. The predicted octanol–water partition coefficient (Wildman–Crippen LogP) is 3.91. The Bertz CT molecular complexity index is 618. The van der Waals surface area contributed by atoms with E-state index in [1.807, 2.05) is 18.5 Å². The van der Waals surface area contributed by atoms with Gasteiger partial charge in [-0.15, -0.1) is 0 Å². The third kappa shape index (κ3) is 1.67. The summed E-state index contributed by atoms with van der Waals surface area (Å²) in [6, 6.07) is 13.2. The Kier molecular flexibility index (Phi) is 2.41.